The standard InChI is InChI=1S/C26H33NO5S/c1-7-32-19-12-8-16(14-20(19)30-5)9-13-22(28)27-24-23(25(29)31-6)18-11-10-17(26(2,3)4)15-21(18)33-24/h8-9,12-14,17H,7,10-11,15H2,1-6H3,(H,27,28). The highest BCUT2D eigenvalue weighted by Gasteiger charge is 2.34. The molecule has 0 fully saturated rings. The molecule has 3 rings (SSSR count). The largest absolute Gasteiger partial charge is 0.493 e. The highest BCUT2D eigenvalue weighted by molar-refractivity contribution is 7.17. The summed E-state index contributed by atoms with van der Waals surface area (Å²) in [5.41, 5.74) is 2.51. The molecule has 1 amide bonds. The fourth-order valence-corrected chi connectivity index (χ4v) is 5.44. The van der Waals surface area contributed by atoms with Gasteiger partial charge in [0.2, 0.25) is 5.91 Å². The van der Waals surface area contributed by atoms with Crippen molar-refractivity contribution in [2.24, 2.45) is 11.3 Å². The third-order valence-electron chi connectivity index (χ3n) is 6.03. The van der Waals surface area contributed by atoms with Crippen LogP contribution in [0, 0.1) is 11.3 Å². The fraction of sp³-hybridized carbons (Fsp3) is 0.462. The van der Waals surface area contributed by atoms with Crippen molar-refractivity contribution in [1.29, 1.82) is 0 Å². The first-order valence-corrected chi connectivity index (χ1v) is 12.0. The van der Waals surface area contributed by atoms with Crippen LogP contribution in [0.4, 0.5) is 5.00 Å². The summed E-state index contributed by atoms with van der Waals surface area (Å²) in [4.78, 5) is 26.4. The van der Waals surface area contributed by atoms with Crippen LogP contribution in [-0.4, -0.2) is 32.7 Å². The summed E-state index contributed by atoms with van der Waals surface area (Å²) in [5.74, 6) is 1.08. The van der Waals surface area contributed by atoms with E-state index in [4.69, 9.17) is 14.2 Å². The molecule has 1 unspecified atom stereocenters. The lowest BCUT2D eigenvalue weighted by Gasteiger charge is -2.33. The normalized spacial score (nSPS) is 15.8. The summed E-state index contributed by atoms with van der Waals surface area (Å²) in [6.07, 6.45) is 5.90. The van der Waals surface area contributed by atoms with Crippen molar-refractivity contribution in [3.8, 4) is 11.5 Å². The van der Waals surface area contributed by atoms with Crippen LogP contribution in [-0.2, 0) is 22.4 Å². The van der Waals surface area contributed by atoms with Gasteiger partial charge < -0.3 is 19.5 Å². The molecule has 1 N–H and O–H groups in total. The molecule has 178 valence electrons. The number of fused-ring (bicyclic) bond motifs is 1. The quantitative estimate of drug-likeness (QED) is 0.411. The average molecular weight is 472 g/mol. The number of amides is 1. The van der Waals surface area contributed by atoms with E-state index in [2.05, 4.69) is 26.1 Å². The first-order valence-electron chi connectivity index (χ1n) is 11.2. The topological polar surface area (TPSA) is 73.9 Å². The molecule has 7 heteroatoms. The smallest absolute Gasteiger partial charge is 0.341 e. The van der Waals surface area contributed by atoms with E-state index in [1.54, 1.807) is 13.2 Å². The molecule has 2 aromatic rings. The van der Waals surface area contributed by atoms with Gasteiger partial charge in [0.05, 0.1) is 26.4 Å². The summed E-state index contributed by atoms with van der Waals surface area (Å²) < 4.78 is 15.9. The van der Waals surface area contributed by atoms with E-state index in [0.29, 0.717) is 34.6 Å². The van der Waals surface area contributed by atoms with Crippen molar-refractivity contribution < 1.29 is 23.8 Å². The number of methoxy groups -OCH3 is 2. The van der Waals surface area contributed by atoms with E-state index in [0.717, 1.165) is 35.3 Å². The van der Waals surface area contributed by atoms with Crippen molar-refractivity contribution in [3.63, 3.8) is 0 Å². The predicted octanol–water partition coefficient (Wildman–Crippen LogP) is 5.74. The Labute approximate surface area is 199 Å². The van der Waals surface area contributed by atoms with Gasteiger partial charge in [0, 0.05) is 11.0 Å². The molecule has 1 aliphatic rings. The van der Waals surface area contributed by atoms with Crippen molar-refractivity contribution in [2.45, 2.75) is 47.0 Å². The minimum absolute atomic E-state index is 0.192. The molecule has 1 aromatic heterocycles. The van der Waals surface area contributed by atoms with E-state index < -0.39 is 5.97 Å². The summed E-state index contributed by atoms with van der Waals surface area (Å²) in [5, 5.41) is 3.46. The van der Waals surface area contributed by atoms with Gasteiger partial charge in [-0.3, -0.25) is 4.79 Å². The lowest BCUT2D eigenvalue weighted by Crippen LogP contribution is -2.26. The Hall–Kier alpha value is -2.80. The second-order valence-corrected chi connectivity index (χ2v) is 10.3. The van der Waals surface area contributed by atoms with Crippen LogP contribution < -0.4 is 14.8 Å². The zero-order valence-electron chi connectivity index (χ0n) is 20.2. The van der Waals surface area contributed by atoms with Gasteiger partial charge in [-0.2, -0.15) is 0 Å². The number of hydrogen-bond acceptors (Lipinski definition) is 6. The predicted molar refractivity (Wildman–Crippen MR) is 132 cm³/mol. The number of carbonyl (C=O) groups is 2. The van der Waals surface area contributed by atoms with Gasteiger partial charge >= 0.3 is 5.97 Å². The van der Waals surface area contributed by atoms with Gasteiger partial charge in [-0.1, -0.05) is 26.8 Å². The van der Waals surface area contributed by atoms with Crippen LogP contribution in [0.15, 0.2) is 24.3 Å². The van der Waals surface area contributed by atoms with E-state index in [1.807, 2.05) is 25.1 Å². The Morgan fingerprint density at radius 2 is 1.97 bits per heavy atom. The van der Waals surface area contributed by atoms with Crippen molar-refractivity contribution in [2.75, 3.05) is 26.1 Å². The monoisotopic (exact) mass is 471 g/mol. The molecule has 1 heterocycles. The number of carbonyl (C=O) groups excluding carboxylic acids is 2. The summed E-state index contributed by atoms with van der Waals surface area (Å²) in [6, 6.07) is 5.48. The number of hydrogen-bond donors (Lipinski definition) is 1. The summed E-state index contributed by atoms with van der Waals surface area (Å²) >= 11 is 1.49. The molecule has 6 nitrogen and oxygen atoms in total. The maximum Gasteiger partial charge on any atom is 0.341 e. The van der Waals surface area contributed by atoms with Gasteiger partial charge in [-0.05, 0) is 66.9 Å². The number of rotatable bonds is 7. The highest BCUT2D eigenvalue weighted by Crippen LogP contribution is 2.44. The number of benzene rings is 1. The van der Waals surface area contributed by atoms with E-state index in [1.165, 1.54) is 24.5 Å². The number of esters is 1. The number of nitrogens with one attached hydrogen (secondary N) is 1. The van der Waals surface area contributed by atoms with Gasteiger partial charge in [-0.15, -0.1) is 11.3 Å². The van der Waals surface area contributed by atoms with Crippen molar-refractivity contribution in [3.05, 3.63) is 45.8 Å². The van der Waals surface area contributed by atoms with Crippen molar-refractivity contribution >= 4 is 34.3 Å². The minimum Gasteiger partial charge on any atom is -0.493 e. The van der Waals surface area contributed by atoms with Crippen LogP contribution in [0.2, 0.25) is 0 Å². The molecular weight excluding hydrogens is 438 g/mol. The van der Waals surface area contributed by atoms with E-state index in [9.17, 15) is 9.59 Å². The van der Waals surface area contributed by atoms with E-state index >= 15 is 0 Å². The molecule has 1 aliphatic carbocycles. The third kappa shape index (κ3) is 5.77. The molecule has 1 atom stereocenters. The number of thiophene rings is 1. The third-order valence-corrected chi connectivity index (χ3v) is 7.20. The molecule has 0 bridgehead atoms. The van der Waals surface area contributed by atoms with Crippen molar-refractivity contribution in [1.82, 2.24) is 0 Å². The summed E-state index contributed by atoms with van der Waals surface area (Å²) in [6.45, 7) is 9.20. The van der Waals surface area contributed by atoms with Crippen LogP contribution in [0.5, 0.6) is 11.5 Å². The number of anilines is 1. The molecule has 0 radical (unpaired) electrons. The SMILES string of the molecule is CCOc1ccc(C=CC(=O)Nc2sc3c(c2C(=O)OC)CCC(C(C)(C)C)C3)cc1OC. The minimum atomic E-state index is -0.405. The maximum absolute atomic E-state index is 12.7. The Bertz CT molecular complexity index is 1050. The molecule has 0 spiro atoms. The van der Waals surface area contributed by atoms with Crippen LogP contribution >= 0.6 is 11.3 Å². The Balaban J connectivity index is 1.81. The first kappa shape index (κ1) is 24.8. The molecule has 0 saturated carbocycles. The maximum atomic E-state index is 12.7. The Morgan fingerprint density at radius 3 is 2.61 bits per heavy atom. The summed E-state index contributed by atoms with van der Waals surface area (Å²) in [7, 11) is 2.95. The van der Waals surface area contributed by atoms with E-state index in [-0.39, 0.29) is 11.3 Å². The molecule has 0 saturated heterocycles. The van der Waals surface area contributed by atoms with Gasteiger partial charge in [0.1, 0.15) is 5.00 Å². The van der Waals surface area contributed by atoms with Crippen LogP contribution in [0.1, 0.15) is 60.5 Å². The van der Waals surface area contributed by atoms with Crippen LogP contribution in [0.3, 0.4) is 0 Å². The Kier molecular flexibility index (Phi) is 7.84. The molecule has 0 aliphatic heterocycles. The second-order valence-electron chi connectivity index (χ2n) is 9.17. The molecule has 1 aromatic carbocycles. The molecular formula is C26H33NO5S. The fourth-order valence-electron chi connectivity index (χ4n) is 4.12. The van der Waals surface area contributed by atoms with Crippen LogP contribution in [0.25, 0.3) is 6.08 Å². The zero-order valence-corrected chi connectivity index (χ0v) is 21.1. The lowest BCUT2D eigenvalue weighted by atomic mass is 9.72. The second kappa shape index (κ2) is 10.4. The molecule has 33 heavy (non-hydrogen) atoms. The lowest BCUT2D eigenvalue weighted by molar-refractivity contribution is -0.111. The van der Waals surface area contributed by atoms with Gasteiger partial charge in [0.25, 0.3) is 0 Å². The first-order chi connectivity index (χ1) is 15.7. The zero-order chi connectivity index (χ0) is 24.2. The highest BCUT2D eigenvalue weighted by atomic mass is 32.1. The number of ether oxygens (including phenoxy) is 3. The average Bonchev–Trinajstić information content (AvgIpc) is 3.14. The van der Waals surface area contributed by atoms with Gasteiger partial charge in [-0.25, -0.2) is 4.79 Å². The van der Waals surface area contributed by atoms with Gasteiger partial charge in [0.15, 0.2) is 11.5 Å². The Morgan fingerprint density at radius 1 is 1.21 bits per heavy atom.